The summed E-state index contributed by atoms with van der Waals surface area (Å²) in [7, 11) is 0. The van der Waals surface area contributed by atoms with Gasteiger partial charge >= 0.3 is 0 Å². The molecule has 3 aromatic heterocycles. The first kappa shape index (κ1) is 22.6. The van der Waals surface area contributed by atoms with Gasteiger partial charge in [-0.2, -0.15) is 0 Å². The number of fused-ring (bicyclic) bond motifs is 6. The molecule has 0 spiro atoms. The first-order valence-electron chi connectivity index (χ1n) is 23.4. The van der Waals surface area contributed by atoms with Crippen LogP contribution in [0.2, 0.25) is 0 Å². The van der Waals surface area contributed by atoms with E-state index in [9.17, 15) is 6.85 Å². The van der Waals surface area contributed by atoms with Gasteiger partial charge in [-0.1, -0.05) is 164 Å². The molecule has 0 amide bonds. The summed E-state index contributed by atoms with van der Waals surface area (Å²) in [6, 6.07) is 32.9. The molecule has 262 valence electrons. The number of hydrogen-bond acceptors (Lipinski definition) is 4. The maximum absolute atomic E-state index is 9.57. The molecule has 0 N–H and O–H groups in total. The zero-order valence-corrected chi connectivity index (χ0v) is 29.3. The zero-order chi connectivity index (χ0) is 46.6. The number of benzene rings is 8. The average Bonchev–Trinajstić information content (AvgIpc) is 3.92. The Balaban J connectivity index is 1.32. The van der Waals surface area contributed by atoms with Crippen LogP contribution >= 0.6 is 0 Å². The Hall–Kier alpha value is -7.63. The van der Waals surface area contributed by atoms with Crippen molar-refractivity contribution >= 4 is 43.7 Å². The molecule has 5 heteroatoms. The van der Waals surface area contributed by atoms with Gasteiger partial charge in [-0.15, -0.1) is 0 Å². The highest BCUT2D eigenvalue weighted by Gasteiger charge is 2.22. The van der Waals surface area contributed by atoms with Gasteiger partial charge in [0, 0.05) is 43.8 Å². The highest BCUT2D eigenvalue weighted by molar-refractivity contribution is 6.16. The van der Waals surface area contributed by atoms with E-state index in [-0.39, 0.29) is 51.0 Å². The molecule has 0 aliphatic carbocycles. The van der Waals surface area contributed by atoms with Crippen LogP contribution in [0, 0.1) is 0 Å². The van der Waals surface area contributed by atoms with Crippen molar-refractivity contribution in [1.82, 2.24) is 19.5 Å². The molecular formula is C51H32N4O. The molecule has 3 heterocycles. The van der Waals surface area contributed by atoms with Crippen molar-refractivity contribution < 1.29 is 19.5 Å². The lowest BCUT2D eigenvalue weighted by atomic mass is 9.98. The SMILES string of the molecule is [2H]c1cc([2H])c2c(c1[2H])c1c(-c3c([2H])c([2H])c([2H])c([2H])c3[2H])c([2H])c([2H])c([2H])c1n2-c1ccc(-c2cccc3c2oc2ccccc23)cc1-c1nc(-c2ccccc2)nc(-c2ccccc2)n1. The number of para-hydroxylation sites is 3. The van der Waals surface area contributed by atoms with Gasteiger partial charge in [0.15, 0.2) is 17.5 Å². The molecule has 0 bridgehead atoms. The Morgan fingerprint density at radius 1 is 0.429 bits per heavy atom. The van der Waals surface area contributed by atoms with Gasteiger partial charge in [0.05, 0.1) is 31.8 Å². The van der Waals surface area contributed by atoms with Crippen LogP contribution in [0.15, 0.2) is 198 Å². The van der Waals surface area contributed by atoms with Gasteiger partial charge in [-0.25, -0.2) is 15.0 Å². The molecule has 0 atom stereocenters. The Morgan fingerprint density at radius 3 is 1.93 bits per heavy atom. The molecule has 56 heavy (non-hydrogen) atoms. The summed E-state index contributed by atoms with van der Waals surface area (Å²) in [6.45, 7) is 0. The number of aromatic nitrogens is 4. The predicted octanol–water partition coefficient (Wildman–Crippen LogP) is 13.2. The summed E-state index contributed by atoms with van der Waals surface area (Å²) in [6.07, 6.45) is 0. The molecule has 0 saturated heterocycles. The lowest BCUT2D eigenvalue weighted by Gasteiger charge is -2.16. The highest BCUT2D eigenvalue weighted by Crippen LogP contribution is 2.43. The number of rotatable bonds is 6. The Kier molecular flexibility index (Phi) is 5.25. The van der Waals surface area contributed by atoms with Crippen molar-refractivity contribution in [3.05, 3.63) is 194 Å². The van der Waals surface area contributed by atoms with Crippen LogP contribution < -0.4 is 0 Å². The van der Waals surface area contributed by atoms with E-state index in [0.717, 1.165) is 16.3 Å². The third-order valence-corrected chi connectivity index (χ3v) is 9.91. The van der Waals surface area contributed by atoms with Crippen LogP contribution in [0.4, 0.5) is 0 Å². The average molecular weight is 728 g/mol. The number of hydrogen-bond donors (Lipinski definition) is 0. The predicted molar refractivity (Wildman–Crippen MR) is 229 cm³/mol. The molecule has 8 aromatic carbocycles. The van der Waals surface area contributed by atoms with Gasteiger partial charge in [0.1, 0.15) is 11.2 Å². The quantitative estimate of drug-likeness (QED) is 0.171. The minimum Gasteiger partial charge on any atom is -0.455 e. The molecule has 0 aliphatic heterocycles. The van der Waals surface area contributed by atoms with Gasteiger partial charge in [0.25, 0.3) is 0 Å². The molecule has 0 unspecified atom stereocenters. The van der Waals surface area contributed by atoms with Gasteiger partial charge in [-0.05, 0) is 47.0 Å². The largest absolute Gasteiger partial charge is 0.455 e. The van der Waals surface area contributed by atoms with Crippen molar-refractivity contribution in [3.63, 3.8) is 0 Å². The minimum atomic E-state index is -0.683. The van der Waals surface area contributed by atoms with E-state index in [4.69, 9.17) is 27.6 Å². The zero-order valence-electron chi connectivity index (χ0n) is 40.3. The number of furan rings is 1. The summed E-state index contributed by atoms with van der Waals surface area (Å²) < 4.78 is 107. The van der Waals surface area contributed by atoms with E-state index >= 15 is 0 Å². The Morgan fingerprint density at radius 2 is 1.14 bits per heavy atom. The third-order valence-electron chi connectivity index (χ3n) is 9.91. The van der Waals surface area contributed by atoms with Crippen molar-refractivity contribution in [2.45, 2.75) is 0 Å². The fourth-order valence-electron chi connectivity index (χ4n) is 7.41. The van der Waals surface area contributed by atoms with Crippen LogP contribution in [-0.4, -0.2) is 19.5 Å². The summed E-state index contributed by atoms with van der Waals surface area (Å²) in [5.74, 6) is 0.854. The van der Waals surface area contributed by atoms with E-state index in [0.29, 0.717) is 45.1 Å². The molecule has 11 rings (SSSR count). The Labute approximate surface area is 338 Å². The van der Waals surface area contributed by atoms with Gasteiger partial charge in [-0.3, -0.25) is 0 Å². The molecule has 0 fully saturated rings. The maximum Gasteiger partial charge on any atom is 0.166 e. The topological polar surface area (TPSA) is 56.7 Å². The maximum atomic E-state index is 9.57. The first-order chi connectivity index (χ1) is 32.3. The summed E-state index contributed by atoms with van der Waals surface area (Å²) in [5, 5.41) is 1.64. The van der Waals surface area contributed by atoms with E-state index < -0.39 is 59.9 Å². The standard InChI is InChI=1S/C51H32N4O/c1-4-16-33(17-5-1)37-24-15-28-45-47(37)41-23-10-12-27-43(41)55(45)44-31-30-36(38-25-14-26-40-39-22-11-13-29-46(39)56-48(38)40)32-42(44)51-53-49(34-18-6-2-7-19-34)52-50(54-51)35-20-8-3-9-21-35/h1-32H/i1D,4D,5D,10D,15D,16D,17D,23D,24D,27D,28D. The lowest BCUT2D eigenvalue weighted by Crippen LogP contribution is -2.04. The minimum absolute atomic E-state index is 0.0112. The molecule has 5 nitrogen and oxygen atoms in total. The van der Waals surface area contributed by atoms with Gasteiger partial charge in [0.2, 0.25) is 0 Å². The van der Waals surface area contributed by atoms with E-state index in [1.165, 1.54) is 10.6 Å². The smallest absolute Gasteiger partial charge is 0.166 e. The van der Waals surface area contributed by atoms with Crippen molar-refractivity contribution in [3.8, 4) is 62.1 Å². The van der Waals surface area contributed by atoms with Crippen LogP contribution in [0.25, 0.3) is 106 Å². The summed E-state index contributed by atoms with van der Waals surface area (Å²) >= 11 is 0. The highest BCUT2D eigenvalue weighted by atomic mass is 16.3. The van der Waals surface area contributed by atoms with Crippen molar-refractivity contribution in [2.24, 2.45) is 0 Å². The molecular weight excluding hydrogens is 685 g/mol. The molecule has 11 aromatic rings. The molecule has 0 saturated carbocycles. The second-order valence-electron chi connectivity index (χ2n) is 13.1. The normalized spacial score (nSPS) is 14.3. The summed E-state index contributed by atoms with van der Waals surface area (Å²) in [4.78, 5) is 15.1. The van der Waals surface area contributed by atoms with E-state index in [1.54, 1.807) is 6.07 Å². The van der Waals surface area contributed by atoms with Crippen LogP contribution in [0.5, 0.6) is 0 Å². The van der Waals surface area contributed by atoms with Crippen LogP contribution in [-0.2, 0) is 0 Å². The monoisotopic (exact) mass is 727 g/mol. The first-order valence-corrected chi connectivity index (χ1v) is 17.9. The van der Waals surface area contributed by atoms with Crippen LogP contribution in [0.3, 0.4) is 0 Å². The van der Waals surface area contributed by atoms with E-state index in [1.807, 2.05) is 115 Å². The molecule has 0 radical (unpaired) electrons. The van der Waals surface area contributed by atoms with E-state index in [2.05, 4.69) is 0 Å². The third kappa shape index (κ3) is 5.21. The van der Waals surface area contributed by atoms with Crippen LogP contribution in [0.1, 0.15) is 15.1 Å². The van der Waals surface area contributed by atoms with Gasteiger partial charge < -0.3 is 8.98 Å². The Bertz CT molecular complexity index is 3810. The number of nitrogens with zero attached hydrogens (tertiary/aromatic N) is 4. The summed E-state index contributed by atoms with van der Waals surface area (Å²) in [5.41, 5.74) is 3.94. The second kappa shape index (κ2) is 13.0. The molecule has 0 aliphatic rings. The van der Waals surface area contributed by atoms with Crippen molar-refractivity contribution in [2.75, 3.05) is 0 Å². The van der Waals surface area contributed by atoms with Crippen molar-refractivity contribution in [1.29, 1.82) is 0 Å². The fourth-order valence-corrected chi connectivity index (χ4v) is 7.41. The fraction of sp³-hybridized carbons (Fsp3) is 0. The second-order valence-corrected chi connectivity index (χ2v) is 13.1. The lowest BCUT2D eigenvalue weighted by molar-refractivity contribution is 0.670.